The molecular formula is C67H126O6. The summed E-state index contributed by atoms with van der Waals surface area (Å²) in [6, 6.07) is 0. The second kappa shape index (κ2) is 62.4. The van der Waals surface area contributed by atoms with Gasteiger partial charge in [-0.1, -0.05) is 321 Å². The van der Waals surface area contributed by atoms with Crippen LogP contribution in [-0.2, 0) is 28.6 Å². The SMILES string of the molecule is CCCCC/C=C\C/C=C\CCCCCCCC(=O)OC(COC(=O)CCCCCCCCCCCCCC)COC(=O)CCCCCCCCCCCCCCCCCCCCCCCCCCCCCC. The van der Waals surface area contributed by atoms with E-state index in [1.807, 2.05) is 0 Å². The second-order valence-corrected chi connectivity index (χ2v) is 22.4. The van der Waals surface area contributed by atoms with Gasteiger partial charge in [-0.05, 0) is 51.4 Å². The molecule has 0 saturated heterocycles. The van der Waals surface area contributed by atoms with Gasteiger partial charge in [-0.25, -0.2) is 0 Å². The zero-order chi connectivity index (χ0) is 52.9. The highest BCUT2D eigenvalue weighted by Crippen LogP contribution is 2.18. The molecule has 0 aromatic heterocycles. The van der Waals surface area contributed by atoms with E-state index < -0.39 is 6.10 Å². The molecule has 0 heterocycles. The van der Waals surface area contributed by atoms with Crippen molar-refractivity contribution in [1.82, 2.24) is 0 Å². The fourth-order valence-corrected chi connectivity index (χ4v) is 10.0. The van der Waals surface area contributed by atoms with Crippen molar-refractivity contribution in [2.24, 2.45) is 0 Å². The molecule has 0 aromatic carbocycles. The standard InChI is InChI=1S/C67H126O6/c1-4-7-10-13-16-19-22-25-27-28-29-30-31-32-33-34-35-36-37-38-39-41-42-45-48-51-54-57-60-66(69)72-63-64(62-71-65(68)59-56-53-50-47-44-24-21-18-15-12-9-6-3)73-67(70)61-58-55-52-49-46-43-40-26-23-20-17-14-11-8-5-2/h17,20,26,40,64H,4-16,18-19,21-25,27-39,41-63H2,1-3H3/b20-17-,40-26-. The molecule has 0 fully saturated rings. The minimum atomic E-state index is -0.774. The Hall–Kier alpha value is -2.11. The monoisotopic (exact) mass is 1030 g/mol. The molecule has 6 heteroatoms. The summed E-state index contributed by atoms with van der Waals surface area (Å²) in [6.07, 6.45) is 74.9. The summed E-state index contributed by atoms with van der Waals surface area (Å²) >= 11 is 0. The zero-order valence-electron chi connectivity index (χ0n) is 49.4. The molecule has 0 spiro atoms. The van der Waals surface area contributed by atoms with Crippen LogP contribution in [0, 0.1) is 0 Å². The maximum atomic E-state index is 12.9. The summed E-state index contributed by atoms with van der Waals surface area (Å²) in [5.41, 5.74) is 0. The third kappa shape index (κ3) is 60.6. The quantitative estimate of drug-likeness (QED) is 0.0261. The number of hydrogen-bond acceptors (Lipinski definition) is 6. The van der Waals surface area contributed by atoms with Gasteiger partial charge >= 0.3 is 17.9 Å². The lowest BCUT2D eigenvalue weighted by Gasteiger charge is -2.18. The van der Waals surface area contributed by atoms with Gasteiger partial charge in [0.1, 0.15) is 13.2 Å². The first-order valence-electron chi connectivity index (χ1n) is 32.8. The molecule has 0 saturated carbocycles. The topological polar surface area (TPSA) is 78.9 Å². The highest BCUT2D eigenvalue weighted by Gasteiger charge is 2.19. The van der Waals surface area contributed by atoms with Crippen molar-refractivity contribution in [2.75, 3.05) is 13.2 Å². The molecule has 0 aromatic rings. The van der Waals surface area contributed by atoms with Gasteiger partial charge in [-0.15, -0.1) is 0 Å². The summed E-state index contributed by atoms with van der Waals surface area (Å²) in [5, 5.41) is 0. The Labute approximate surface area is 455 Å². The van der Waals surface area contributed by atoms with Gasteiger partial charge in [0.25, 0.3) is 0 Å². The van der Waals surface area contributed by atoms with Crippen LogP contribution in [0.1, 0.15) is 367 Å². The summed E-state index contributed by atoms with van der Waals surface area (Å²) in [4.78, 5) is 38.2. The van der Waals surface area contributed by atoms with Gasteiger partial charge in [0, 0.05) is 19.3 Å². The fourth-order valence-electron chi connectivity index (χ4n) is 10.0. The molecule has 0 amide bonds. The van der Waals surface area contributed by atoms with Crippen molar-refractivity contribution in [3.8, 4) is 0 Å². The van der Waals surface area contributed by atoms with E-state index in [-0.39, 0.29) is 31.1 Å². The summed E-state index contributed by atoms with van der Waals surface area (Å²) in [6.45, 7) is 6.66. The van der Waals surface area contributed by atoms with Crippen molar-refractivity contribution in [3.63, 3.8) is 0 Å². The molecule has 0 aliphatic heterocycles. The van der Waals surface area contributed by atoms with Crippen LogP contribution in [0.3, 0.4) is 0 Å². The lowest BCUT2D eigenvalue weighted by atomic mass is 10.0. The van der Waals surface area contributed by atoms with Crippen molar-refractivity contribution in [3.05, 3.63) is 24.3 Å². The molecule has 1 unspecified atom stereocenters. The molecule has 1 atom stereocenters. The third-order valence-electron chi connectivity index (χ3n) is 15.0. The number of rotatable bonds is 61. The first-order chi connectivity index (χ1) is 36.0. The highest BCUT2D eigenvalue weighted by molar-refractivity contribution is 5.71. The predicted molar refractivity (Wildman–Crippen MR) is 316 cm³/mol. The Morgan fingerprint density at radius 3 is 0.781 bits per heavy atom. The molecule has 73 heavy (non-hydrogen) atoms. The Morgan fingerprint density at radius 1 is 0.274 bits per heavy atom. The fraction of sp³-hybridized carbons (Fsp3) is 0.896. The van der Waals surface area contributed by atoms with Crippen molar-refractivity contribution < 1.29 is 28.6 Å². The maximum Gasteiger partial charge on any atom is 0.306 e. The van der Waals surface area contributed by atoms with Crippen molar-refractivity contribution in [2.45, 2.75) is 374 Å². The van der Waals surface area contributed by atoms with Crippen LogP contribution in [0.15, 0.2) is 24.3 Å². The van der Waals surface area contributed by atoms with Gasteiger partial charge < -0.3 is 14.2 Å². The first-order valence-corrected chi connectivity index (χ1v) is 32.8. The van der Waals surface area contributed by atoms with E-state index >= 15 is 0 Å². The Bertz CT molecular complexity index is 1180. The normalized spacial score (nSPS) is 12.1. The van der Waals surface area contributed by atoms with E-state index in [1.165, 1.54) is 250 Å². The molecule has 0 rings (SSSR count). The Kier molecular flexibility index (Phi) is 60.6. The number of carbonyl (C=O) groups excluding carboxylic acids is 3. The van der Waals surface area contributed by atoms with Gasteiger partial charge in [0.2, 0.25) is 0 Å². The van der Waals surface area contributed by atoms with E-state index in [9.17, 15) is 14.4 Å². The Balaban J connectivity index is 4.14. The first kappa shape index (κ1) is 70.9. The molecule has 6 nitrogen and oxygen atoms in total. The van der Waals surface area contributed by atoms with E-state index in [4.69, 9.17) is 14.2 Å². The lowest BCUT2D eigenvalue weighted by molar-refractivity contribution is -0.167. The van der Waals surface area contributed by atoms with Crippen molar-refractivity contribution in [1.29, 1.82) is 0 Å². The van der Waals surface area contributed by atoms with Gasteiger partial charge in [-0.3, -0.25) is 14.4 Å². The number of hydrogen-bond donors (Lipinski definition) is 0. The van der Waals surface area contributed by atoms with Crippen LogP contribution in [0.2, 0.25) is 0 Å². The highest BCUT2D eigenvalue weighted by atomic mass is 16.6. The summed E-state index contributed by atoms with van der Waals surface area (Å²) < 4.78 is 16.9. The molecule has 0 aliphatic rings. The number of carbonyl (C=O) groups is 3. The number of unbranched alkanes of at least 4 members (excludes halogenated alkanes) is 46. The van der Waals surface area contributed by atoms with Gasteiger partial charge in [-0.2, -0.15) is 0 Å². The predicted octanol–water partition coefficient (Wildman–Crippen LogP) is 22.2. The molecule has 0 bridgehead atoms. The largest absolute Gasteiger partial charge is 0.462 e. The van der Waals surface area contributed by atoms with Gasteiger partial charge in [0.15, 0.2) is 6.10 Å². The lowest BCUT2D eigenvalue weighted by Crippen LogP contribution is -2.30. The van der Waals surface area contributed by atoms with Crippen LogP contribution < -0.4 is 0 Å². The zero-order valence-corrected chi connectivity index (χ0v) is 49.4. The van der Waals surface area contributed by atoms with Crippen LogP contribution in [0.25, 0.3) is 0 Å². The summed E-state index contributed by atoms with van der Waals surface area (Å²) in [7, 11) is 0. The molecule has 0 aliphatic carbocycles. The molecule has 0 radical (unpaired) electrons. The Morgan fingerprint density at radius 2 is 0.493 bits per heavy atom. The van der Waals surface area contributed by atoms with Crippen molar-refractivity contribution >= 4 is 17.9 Å². The number of allylic oxidation sites excluding steroid dienone is 4. The van der Waals surface area contributed by atoms with Crippen LogP contribution in [0.5, 0.6) is 0 Å². The molecular weight excluding hydrogens is 901 g/mol. The third-order valence-corrected chi connectivity index (χ3v) is 15.0. The average molecular weight is 1030 g/mol. The minimum Gasteiger partial charge on any atom is -0.462 e. The molecule has 430 valence electrons. The van der Waals surface area contributed by atoms with E-state index in [0.29, 0.717) is 19.3 Å². The smallest absolute Gasteiger partial charge is 0.306 e. The second-order valence-electron chi connectivity index (χ2n) is 22.4. The van der Waals surface area contributed by atoms with Gasteiger partial charge in [0.05, 0.1) is 0 Å². The number of ether oxygens (including phenoxy) is 3. The van der Waals surface area contributed by atoms with E-state index in [0.717, 1.165) is 77.0 Å². The van der Waals surface area contributed by atoms with Crippen LogP contribution >= 0.6 is 0 Å². The minimum absolute atomic E-state index is 0.0713. The van der Waals surface area contributed by atoms with E-state index in [1.54, 1.807) is 0 Å². The van der Waals surface area contributed by atoms with Crippen LogP contribution in [-0.4, -0.2) is 37.2 Å². The number of esters is 3. The molecule has 0 N–H and O–H groups in total. The maximum absolute atomic E-state index is 12.9. The van der Waals surface area contributed by atoms with E-state index in [2.05, 4.69) is 45.1 Å². The van der Waals surface area contributed by atoms with Crippen LogP contribution in [0.4, 0.5) is 0 Å². The summed E-state index contributed by atoms with van der Waals surface area (Å²) in [5.74, 6) is -0.860. The average Bonchev–Trinajstić information content (AvgIpc) is 3.39.